The third-order valence-electron chi connectivity index (χ3n) is 6.47. The zero-order valence-corrected chi connectivity index (χ0v) is 18.9. The summed E-state index contributed by atoms with van der Waals surface area (Å²) in [6, 6.07) is 0.312. The van der Waals surface area contributed by atoms with E-state index in [-0.39, 0.29) is 12.3 Å². The summed E-state index contributed by atoms with van der Waals surface area (Å²) in [5.74, 6) is 6.97. The van der Waals surface area contributed by atoms with E-state index in [2.05, 4.69) is 22.1 Å². The number of anilines is 1. The van der Waals surface area contributed by atoms with Gasteiger partial charge in [-0.15, -0.1) is 5.92 Å². The van der Waals surface area contributed by atoms with Crippen LogP contribution in [0.2, 0.25) is 0 Å². The topological polar surface area (TPSA) is 94.2 Å². The first-order chi connectivity index (χ1) is 14.6. The second-order valence-corrected chi connectivity index (χ2v) is 9.47. The fourth-order valence-electron chi connectivity index (χ4n) is 4.50. The van der Waals surface area contributed by atoms with Crippen molar-refractivity contribution < 1.29 is 4.79 Å². The van der Waals surface area contributed by atoms with E-state index in [9.17, 15) is 14.4 Å². The molecule has 2 unspecified atom stereocenters. The molecule has 2 aromatic heterocycles. The second kappa shape index (κ2) is 7.68. The van der Waals surface area contributed by atoms with Gasteiger partial charge in [0, 0.05) is 38.1 Å². The Morgan fingerprint density at radius 1 is 1.23 bits per heavy atom. The predicted octanol–water partition coefficient (Wildman–Crippen LogP) is 0.333. The summed E-state index contributed by atoms with van der Waals surface area (Å²) in [6.07, 6.45) is 1.06. The number of carbonyl (C=O) groups is 1. The van der Waals surface area contributed by atoms with Gasteiger partial charge in [0.15, 0.2) is 16.9 Å². The van der Waals surface area contributed by atoms with Gasteiger partial charge in [0.1, 0.15) is 0 Å². The lowest BCUT2D eigenvalue weighted by atomic mass is 9.91. The van der Waals surface area contributed by atoms with E-state index >= 15 is 0 Å². The van der Waals surface area contributed by atoms with Crippen LogP contribution in [0.5, 0.6) is 0 Å². The molecule has 0 radical (unpaired) electrons. The Labute approximate surface area is 181 Å². The van der Waals surface area contributed by atoms with Crippen molar-refractivity contribution in [1.82, 2.24) is 24.0 Å². The quantitative estimate of drug-likeness (QED) is 0.709. The summed E-state index contributed by atoms with van der Waals surface area (Å²) in [6.45, 7) is 9.83. The van der Waals surface area contributed by atoms with Gasteiger partial charge in [-0.05, 0) is 19.3 Å². The van der Waals surface area contributed by atoms with Crippen molar-refractivity contribution in [3.8, 4) is 11.8 Å². The molecule has 0 saturated carbocycles. The number of fused-ring (bicyclic) bond motifs is 2. The van der Waals surface area contributed by atoms with Gasteiger partial charge in [-0.1, -0.05) is 26.7 Å². The van der Waals surface area contributed by atoms with Crippen molar-refractivity contribution >= 4 is 22.9 Å². The Kier molecular flexibility index (Phi) is 5.30. The number of Topliss-reactive ketones (excluding diaryl/α,β-unsaturated/α-hetero) is 1. The Morgan fingerprint density at radius 2 is 1.97 bits per heavy atom. The van der Waals surface area contributed by atoms with E-state index < -0.39 is 16.7 Å². The molecule has 31 heavy (non-hydrogen) atoms. The van der Waals surface area contributed by atoms with Gasteiger partial charge in [0.25, 0.3) is 5.56 Å². The average molecular weight is 427 g/mol. The van der Waals surface area contributed by atoms with Crippen molar-refractivity contribution in [2.24, 2.45) is 18.4 Å². The predicted molar refractivity (Wildman–Crippen MR) is 119 cm³/mol. The first-order valence-electron chi connectivity index (χ1n) is 10.8. The maximum absolute atomic E-state index is 13.5. The molecule has 2 atom stereocenters. The summed E-state index contributed by atoms with van der Waals surface area (Å²) in [4.78, 5) is 46.0. The van der Waals surface area contributed by atoms with Crippen LogP contribution in [0.1, 0.15) is 34.1 Å². The molecule has 4 rings (SSSR count). The third kappa shape index (κ3) is 3.49. The fourth-order valence-corrected chi connectivity index (χ4v) is 4.50. The monoisotopic (exact) mass is 426 g/mol. The second-order valence-electron chi connectivity index (χ2n) is 9.47. The van der Waals surface area contributed by atoms with Crippen LogP contribution >= 0.6 is 0 Å². The Hall–Kier alpha value is -2.86. The molecule has 2 fully saturated rings. The van der Waals surface area contributed by atoms with E-state index in [0.29, 0.717) is 35.6 Å². The van der Waals surface area contributed by atoms with E-state index in [1.54, 1.807) is 34.7 Å². The number of nitrogens with zero attached hydrogens (tertiary/aromatic N) is 5. The van der Waals surface area contributed by atoms with Gasteiger partial charge in [-0.25, -0.2) is 4.79 Å². The molecule has 9 heteroatoms. The number of hydrogen-bond donors (Lipinski definition) is 1. The lowest BCUT2D eigenvalue weighted by Crippen LogP contribution is -2.43. The number of aromatic nitrogens is 4. The van der Waals surface area contributed by atoms with Gasteiger partial charge >= 0.3 is 5.69 Å². The highest BCUT2D eigenvalue weighted by molar-refractivity contribution is 5.84. The number of carbonyl (C=O) groups excluding carboxylic acids is 1. The van der Waals surface area contributed by atoms with Gasteiger partial charge < -0.3 is 10.2 Å². The van der Waals surface area contributed by atoms with Gasteiger partial charge in [0.2, 0.25) is 5.95 Å². The smallest absolute Gasteiger partial charge is 0.332 e. The minimum absolute atomic E-state index is 0.176. The first-order valence-corrected chi connectivity index (χ1v) is 10.8. The molecule has 2 aliphatic heterocycles. The number of hydrogen-bond acceptors (Lipinski definition) is 6. The van der Waals surface area contributed by atoms with Crippen molar-refractivity contribution in [2.45, 2.75) is 53.2 Å². The number of nitrogens with one attached hydrogen (secondary N) is 1. The van der Waals surface area contributed by atoms with E-state index in [1.165, 1.54) is 4.57 Å². The molecule has 1 N–H and O–H groups in total. The maximum atomic E-state index is 13.5. The summed E-state index contributed by atoms with van der Waals surface area (Å²) < 4.78 is 4.21. The molecule has 0 amide bonds. The molecule has 4 heterocycles. The zero-order valence-electron chi connectivity index (χ0n) is 18.9. The van der Waals surface area contributed by atoms with Gasteiger partial charge in [0.05, 0.1) is 13.1 Å². The lowest BCUT2D eigenvalue weighted by molar-refractivity contribution is -0.127. The van der Waals surface area contributed by atoms with E-state index in [0.717, 1.165) is 30.6 Å². The van der Waals surface area contributed by atoms with Crippen LogP contribution in [-0.4, -0.2) is 50.1 Å². The molecular weight excluding hydrogens is 396 g/mol. The van der Waals surface area contributed by atoms with E-state index in [1.807, 2.05) is 4.57 Å². The zero-order chi connectivity index (χ0) is 22.5. The van der Waals surface area contributed by atoms with Crippen LogP contribution < -0.4 is 21.5 Å². The molecule has 2 saturated heterocycles. The molecule has 0 bridgehead atoms. The Bertz CT molecular complexity index is 1220. The highest BCUT2D eigenvalue weighted by Gasteiger charge is 2.40. The molecule has 0 aliphatic carbocycles. The Morgan fingerprint density at radius 3 is 2.65 bits per heavy atom. The molecule has 0 aromatic carbocycles. The van der Waals surface area contributed by atoms with Crippen LogP contribution in [0.15, 0.2) is 9.59 Å². The maximum Gasteiger partial charge on any atom is 0.332 e. The third-order valence-corrected chi connectivity index (χ3v) is 6.47. The SMILES string of the molecule is CC#CCn1c(N2CCC3CNCC32)nc2c1c(=O)n(CC(=O)C(C)(C)C)c(=O)n2C. The molecule has 0 spiro atoms. The molecule has 2 aliphatic rings. The largest absolute Gasteiger partial charge is 0.338 e. The van der Waals surface area contributed by atoms with Crippen LogP contribution in [0.25, 0.3) is 11.2 Å². The molecule has 2 aromatic rings. The van der Waals surface area contributed by atoms with Crippen molar-refractivity contribution in [3.05, 3.63) is 20.8 Å². The van der Waals surface area contributed by atoms with Gasteiger partial charge in [-0.2, -0.15) is 4.98 Å². The van der Waals surface area contributed by atoms with Crippen molar-refractivity contribution in [3.63, 3.8) is 0 Å². The molecular formula is C22H30N6O3. The number of rotatable bonds is 4. The van der Waals surface area contributed by atoms with Gasteiger partial charge in [-0.3, -0.25) is 23.3 Å². The molecule has 166 valence electrons. The minimum atomic E-state index is -0.654. The standard InChI is InChI=1S/C22H30N6O3/c1-6-7-9-27-17-18(24-20(27)26-10-8-14-11-23-12-15(14)26)25(5)21(31)28(19(17)30)13-16(29)22(2,3)4/h14-15,23H,8-13H2,1-5H3. The highest BCUT2D eigenvalue weighted by Crippen LogP contribution is 2.32. The highest BCUT2D eigenvalue weighted by atomic mass is 16.2. The van der Waals surface area contributed by atoms with Crippen LogP contribution in [0.3, 0.4) is 0 Å². The summed E-state index contributed by atoms with van der Waals surface area (Å²) in [7, 11) is 1.60. The van der Waals surface area contributed by atoms with E-state index in [4.69, 9.17) is 4.98 Å². The van der Waals surface area contributed by atoms with Crippen molar-refractivity contribution in [2.75, 3.05) is 24.5 Å². The lowest BCUT2D eigenvalue weighted by Gasteiger charge is -2.24. The fraction of sp³-hybridized carbons (Fsp3) is 0.636. The van der Waals surface area contributed by atoms with Crippen LogP contribution in [0, 0.1) is 23.2 Å². The Balaban J connectivity index is 1.93. The number of imidazole rings is 1. The van der Waals surface area contributed by atoms with Crippen LogP contribution in [-0.2, 0) is 24.9 Å². The summed E-state index contributed by atoms with van der Waals surface area (Å²) >= 11 is 0. The first kappa shape index (κ1) is 21.4. The van der Waals surface area contributed by atoms with Crippen LogP contribution in [0.4, 0.5) is 5.95 Å². The number of aryl methyl sites for hydroxylation is 1. The number of ketones is 1. The normalized spacial score (nSPS) is 20.7. The molecule has 9 nitrogen and oxygen atoms in total. The minimum Gasteiger partial charge on any atom is -0.338 e. The summed E-state index contributed by atoms with van der Waals surface area (Å²) in [5.41, 5.74) is -1.03. The summed E-state index contributed by atoms with van der Waals surface area (Å²) in [5, 5.41) is 3.43. The average Bonchev–Trinajstić information content (AvgIpc) is 3.41. The van der Waals surface area contributed by atoms with Crippen molar-refractivity contribution in [1.29, 1.82) is 0 Å².